The highest BCUT2D eigenvalue weighted by molar-refractivity contribution is 9.10. The van der Waals surface area contributed by atoms with Crippen molar-refractivity contribution in [2.24, 2.45) is 0 Å². The maximum absolute atomic E-state index is 10.8. The van der Waals surface area contributed by atoms with Crippen LogP contribution < -0.4 is 9.47 Å². The van der Waals surface area contributed by atoms with Gasteiger partial charge in [-0.05, 0) is 64.8 Å². The zero-order chi connectivity index (χ0) is 13.8. The van der Waals surface area contributed by atoms with Gasteiger partial charge in [0.05, 0.1) is 11.6 Å². The standard InChI is InChI=1S/C15H13BrO3/c1-10-7-13(4-3-11(10)9-17)19-15-6-5-12(18-2)8-14(15)16/h3-9H,1-2H3. The molecule has 2 aromatic carbocycles. The molecule has 2 aromatic rings. The molecule has 2 rings (SSSR count). The number of halogens is 1. The summed E-state index contributed by atoms with van der Waals surface area (Å²) >= 11 is 3.43. The van der Waals surface area contributed by atoms with Crippen LogP contribution in [0.2, 0.25) is 0 Å². The Morgan fingerprint density at radius 2 is 1.84 bits per heavy atom. The number of benzene rings is 2. The molecule has 0 saturated carbocycles. The van der Waals surface area contributed by atoms with Crippen molar-refractivity contribution in [2.45, 2.75) is 6.92 Å². The van der Waals surface area contributed by atoms with Crippen LogP contribution in [0.5, 0.6) is 17.2 Å². The van der Waals surface area contributed by atoms with Crippen molar-refractivity contribution in [3.05, 3.63) is 52.0 Å². The summed E-state index contributed by atoms with van der Waals surface area (Å²) < 4.78 is 11.7. The molecule has 98 valence electrons. The van der Waals surface area contributed by atoms with Gasteiger partial charge in [0.2, 0.25) is 0 Å². The van der Waals surface area contributed by atoms with Crippen molar-refractivity contribution < 1.29 is 14.3 Å². The van der Waals surface area contributed by atoms with Gasteiger partial charge in [0.25, 0.3) is 0 Å². The maximum atomic E-state index is 10.8. The largest absolute Gasteiger partial charge is 0.497 e. The van der Waals surface area contributed by atoms with Gasteiger partial charge in [0, 0.05) is 5.56 Å². The molecule has 0 aromatic heterocycles. The lowest BCUT2D eigenvalue weighted by atomic mass is 10.1. The zero-order valence-electron chi connectivity index (χ0n) is 10.6. The normalized spacial score (nSPS) is 10.1. The van der Waals surface area contributed by atoms with Crippen LogP contribution in [0.3, 0.4) is 0 Å². The van der Waals surface area contributed by atoms with E-state index in [-0.39, 0.29) is 0 Å². The van der Waals surface area contributed by atoms with E-state index >= 15 is 0 Å². The summed E-state index contributed by atoms with van der Waals surface area (Å²) in [5, 5.41) is 0. The van der Waals surface area contributed by atoms with E-state index in [1.807, 2.05) is 31.2 Å². The summed E-state index contributed by atoms with van der Waals surface area (Å²) in [4.78, 5) is 10.8. The van der Waals surface area contributed by atoms with Crippen molar-refractivity contribution in [1.29, 1.82) is 0 Å². The summed E-state index contributed by atoms with van der Waals surface area (Å²) in [6.07, 6.45) is 0.836. The monoisotopic (exact) mass is 320 g/mol. The third-order valence-electron chi connectivity index (χ3n) is 2.74. The third kappa shape index (κ3) is 3.15. The highest BCUT2D eigenvalue weighted by Gasteiger charge is 2.06. The second-order valence-electron chi connectivity index (χ2n) is 4.03. The van der Waals surface area contributed by atoms with Gasteiger partial charge >= 0.3 is 0 Å². The fourth-order valence-electron chi connectivity index (χ4n) is 1.66. The Bertz CT molecular complexity index is 608. The third-order valence-corrected chi connectivity index (χ3v) is 3.35. The number of hydrogen-bond donors (Lipinski definition) is 0. The Kier molecular flexibility index (Phi) is 4.22. The summed E-state index contributed by atoms with van der Waals surface area (Å²) in [6, 6.07) is 10.8. The molecule has 3 nitrogen and oxygen atoms in total. The van der Waals surface area contributed by atoms with Gasteiger partial charge in [0.15, 0.2) is 0 Å². The molecule has 0 amide bonds. The maximum Gasteiger partial charge on any atom is 0.150 e. The van der Waals surface area contributed by atoms with Crippen molar-refractivity contribution in [3.8, 4) is 17.2 Å². The SMILES string of the molecule is COc1ccc(Oc2ccc(C=O)c(C)c2)c(Br)c1. The highest BCUT2D eigenvalue weighted by Crippen LogP contribution is 2.33. The smallest absolute Gasteiger partial charge is 0.150 e. The van der Waals surface area contributed by atoms with Gasteiger partial charge in [-0.15, -0.1) is 0 Å². The highest BCUT2D eigenvalue weighted by atomic mass is 79.9. The van der Waals surface area contributed by atoms with Crippen LogP contribution in [-0.2, 0) is 0 Å². The minimum absolute atomic E-state index is 0.668. The van der Waals surface area contributed by atoms with Gasteiger partial charge < -0.3 is 9.47 Å². The average Bonchev–Trinajstić information content (AvgIpc) is 2.41. The predicted molar refractivity (Wildman–Crippen MR) is 77.3 cm³/mol. The molecule has 0 saturated heterocycles. The van der Waals surface area contributed by atoms with Crippen molar-refractivity contribution in [1.82, 2.24) is 0 Å². The lowest BCUT2D eigenvalue weighted by Gasteiger charge is -2.10. The van der Waals surface area contributed by atoms with Gasteiger partial charge in [-0.3, -0.25) is 4.79 Å². The van der Waals surface area contributed by atoms with Gasteiger partial charge in [0.1, 0.15) is 23.5 Å². The molecule has 0 unspecified atom stereocenters. The number of methoxy groups -OCH3 is 1. The number of aldehydes is 1. The minimum atomic E-state index is 0.668. The molecule has 0 aliphatic rings. The van der Waals surface area contributed by atoms with Crippen LogP contribution in [0.15, 0.2) is 40.9 Å². The number of rotatable bonds is 4. The van der Waals surface area contributed by atoms with Crippen LogP contribution >= 0.6 is 15.9 Å². The van der Waals surface area contributed by atoms with E-state index in [4.69, 9.17) is 9.47 Å². The van der Waals surface area contributed by atoms with Crippen molar-refractivity contribution >= 4 is 22.2 Å². The Hall–Kier alpha value is -1.81. The number of aryl methyl sites for hydroxylation is 1. The van der Waals surface area contributed by atoms with Crippen LogP contribution in [0, 0.1) is 6.92 Å². The van der Waals surface area contributed by atoms with Crippen LogP contribution in [0.4, 0.5) is 0 Å². The first-order valence-corrected chi connectivity index (χ1v) is 6.50. The quantitative estimate of drug-likeness (QED) is 0.785. The number of carbonyl (C=O) groups excluding carboxylic acids is 1. The Balaban J connectivity index is 2.26. The Morgan fingerprint density at radius 1 is 1.11 bits per heavy atom. The molecule has 0 bridgehead atoms. The van der Waals surface area contributed by atoms with E-state index < -0.39 is 0 Å². The Morgan fingerprint density at radius 3 is 2.42 bits per heavy atom. The lowest BCUT2D eigenvalue weighted by molar-refractivity contribution is 0.112. The topological polar surface area (TPSA) is 35.5 Å². The van der Waals surface area contributed by atoms with Crippen LogP contribution in [-0.4, -0.2) is 13.4 Å². The van der Waals surface area contributed by atoms with Crippen LogP contribution in [0.25, 0.3) is 0 Å². The van der Waals surface area contributed by atoms with Gasteiger partial charge in [-0.1, -0.05) is 0 Å². The molecule has 0 aliphatic heterocycles. The first kappa shape index (κ1) is 13.6. The summed E-state index contributed by atoms with van der Waals surface area (Å²) in [6.45, 7) is 1.87. The van der Waals surface area contributed by atoms with E-state index in [1.54, 1.807) is 19.2 Å². The van der Waals surface area contributed by atoms with E-state index in [9.17, 15) is 4.79 Å². The second-order valence-corrected chi connectivity index (χ2v) is 4.89. The molecule has 0 N–H and O–H groups in total. The molecule has 4 heteroatoms. The molecule has 19 heavy (non-hydrogen) atoms. The van der Waals surface area contributed by atoms with Gasteiger partial charge in [-0.25, -0.2) is 0 Å². The first-order valence-electron chi connectivity index (χ1n) is 5.71. The van der Waals surface area contributed by atoms with E-state index in [1.165, 1.54) is 0 Å². The first-order chi connectivity index (χ1) is 9.13. The molecule has 0 fully saturated rings. The van der Waals surface area contributed by atoms with Crippen molar-refractivity contribution in [3.63, 3.8) is 0 Å². The summed E-state index contributed by atoms with van der Waals surface area (Å²) in [5.41, 5.74) is 1.55. The molecular weight excluding hydrogens is 308 g/mol. The fourth-order valence-corrected chi connectivity index (χ4v) is 2.10. The average molecular weight is 321 g/mol. The van der Waals surface area contributed by atoms with E-state index in [0.717, 1.165) is 22.1 Å². The molecular formula is C15H13BrO3. The minimum Gasteiger partial charge on any atom is -0.497 e. The number of hydrogen-bond acceptors (Lipinski definition) is 3. The van der Waals surface area contributed by atoms with Crippen molar-refractivity contribution in [2.75, 3.05) is 7.11 Å². The molecule has 0 radical (unpaired) electrons. The predicted octanol–water partition coefficient (Wildman–Crippen LogP) is 4.37. The van der Waals surface area contributed by atoms with E-state index in [2.05, 4.69) is 15.9 Å². The zero-order valence-corrected chi connectivity index (χ0v) is 12.2. The summed E-state index contributed by atoms with van der Waals surface area (Å²) in [5.74, 6) is 2.14. The van der Waals surface area contributed by atoms with E-state index in [0.29, 0.717) is 17.1 Å². The summed E-state index contributed by atoms with van der Waals surface area (Å²) in [7, 11) is 1.61. The molecule has 0 atom stereocenters. The lowest BCUT2D eigenvalue weighted by Crippen LogP contribution is -1.90. The number of ether oxygens (including phenoxy) is 2. The second kappa shape index (κ2) is 5.89. The fraction of sp³-hybridized carbons (Fsp3) is 0.133. The molecule has 0 heterocycles. The molecule has 0 spiro atoms. The van der Waals surface area contributed by atoms with Crippen LogP contribution in [0.1, 0.15) is 15.9 Å². The molecule has 0 aliphatic carbocycles. The number of carbonyl (C=O) groups is 1. The Labute approximate surface area is 120 Å². The van der Waals surface area contributed by atoms with Gasteiger partial charge in [-0.2, -0.15) is 0 Å².